The molecule has 0 unspecified atom stereocenters. The molecule has 71 heavy (non-hydrogen) atoms. The zero-order valence-corrected chi connectivity index (χ0v) is 40.9. The van der Waals surface area contributed by atoms with Crippen LogP contribution >= 0.6 is 0 Å². The fourth-order valence-electron chi connectivity index (χ4n) is 8.04. The maximum absolute atomic E-state index is 12.5. The zero-order valence-electron chi connectivity index (χ0n) is 39.8. The zero-order chi connectivity index (χ0) is 48.7. The molecule has 0 saturated heterocycles. The molecular weight excluding hydrogens is 936 g/mol. The smallest absolute Gasteiger partial charge is 0.859 e. The Morgan fingerprint density at radius 1 is 0.437 bits per heavy atom. The Morgan fingerprint density at radius 2 is 0.817 bits per heavy atom. The van der Waals surface area contributed by atoms with Gasteiger partial charge in [0.05, 0.1) is 25.6 Å². The summed E-state index contributed by atoms with van der Waals surface area (Å²) in [7, 11) is 3.30. The maximum Gasteiger partial charge on any atom is 2.00 e. The summed E-state index contributed by atoms with van der Waals surface area (Å²) >= 11 is 0. The number of para-hydroxylation sites is 2. The minimum atomic E-state index is -0.287. The average Bonchev–Trinajstić information content (AvgIpc) is 3.86. The van der Waals surface area contributed by atoms with Gasteiger partial charge in [0, 0.05) is 56.9 Å². The summed E-state index contributed by atoms with van der Waals surface area (Å²) in [5.74, 6) is 1.69. The minimum absolute atomic E-state index is 0. The van der Waals surface area contributed by atoms with Gasteiger partial charge in [-0.1, -0.05) is 119 Å². The number of aromatic nitrogens is 6. The van der Waals surface area contributed by atoms with Gasteiger partial charge >= 0.3 is 16.8 Å². The number of nitrogens with one attached hydrogen (secondary N) is 2. The van der Waals surface area contributed by atoms with Crippen LogP contribution in [-0.2, 0) is 29.6 Å². The van der Waals surface area contributed by atoms with Crippen molar-refractivity contribution < 1.29 is 36.5 Å². The molecular formula is C56H48CoN10O4. The number of fused-ring (bicyclic) bond motifs is 2. The van der Waals surface area contributed by atoms with E-state index in [1.807, 2.05) is 173 Å². The van der Waals surface area contributed by atoms with Crippen LogP contribution in [0.5, 0.6) is 23.3 Å². The number of hydrogen-bond donors (Lipinski definition) is 2. The summed E-state index contributed by atoms with van der Waals surface area (Å²) < 4.78 is 11.1. The largest absolute Gasteiger partial charge is 2.00 e. The van der Waals surface area contributed by atoms with E-state index in [1.54, 1.807) is 14.2 Å². The number of benzene rings is 6. The molecule has 0 spiro atoms. The molecule has 0 aliphatic carbocycles. The van der Waals surface area contributed by atoms with Crippen molar-refractivity contribution in [2.45, 2.75) is 40.5 Å². The van der Waals surface area contributed by atoms with Crippen molar-refractivity contribution in [2.24, 2.45) is 20.5 Å². The summed E-state index contributed by atoms with van der Waals surface area (Å²) in [6.45, 7) is 8.03. The van der Waals surface area contributed by atoms with Gasteiger partial charge in [-0.15, -0.1) is 40.9 Å². The monoisotopic (exact) mass is 983 g/mol. The number of methoxy groups -OCH3 is 2. The molecule has 10 rings (SSSR count). The molecule has 355 valence electrons. The Morgan fingerprint density at radius 3 is 1.21 bits per heavy atom. The van der Waals surface area contributed by atoms with Crippen LogP contribution in [0, 0.1) is 27.7 Å². The summed E-state index contributed by atoms with van der Waals surface area (Å²) in [5, 5.41) is 61.5. The number of rotatable bonds is 12. The van der Waals surface area contributed by atoms with Crippen LogP contribution in [0.4, 0.5) is 23.0 Å². The Labute approximate surface area is 420 Å². The van der Waals surface area contributed by atoms with Crippen LogP contribution in [0.1, 0.15) is 44.5 Å². The molecule has 0 aliphatic rings. The molecule has 0 amide bonds. The van der Waals surface area contributed by atoms with Gasteiger partial charge in [0.2, 0.25) is 0 Å². The SMILES string of the molecule is COc1ccccc1Cc1cc(-c2ccc(C)cc2)nnc1N=Nc1c([O-])[nH]c2ccc(C)cc12.COc1ccccc1Cc1cc(-c2ccc(C)cc2)nnc1N=Nc1c([O-])[nH]c2ccc(C)cc12.[Co+2]. The summed E-state index contributed by atoms with van der Waals surface area (Å²) in [4.78, 5) is 5.67. The molecule has 0 fully saturated rings. The summed E-state index contributed by atoms with van der Waals surface area (Å²) in [5.41, 5.74) is 13.4. The Balaban J connectivity index is 0.000000188. The summed E-state index contributed by atoms with van der Waals surface area (Å²) in [6, 6.07) is 47.3. The standard InChI is InChI=1S/2C28H25N5O2.Co/c2*1-17-8-11-19(12-9-17)24-16-21(15-20-6-4-5-7-25(20)35-3)27(32-30-24)33-31-26-22-14-18(2)10-13-23(22)29-28(26)34;/h2*4-14,16,29,34H,15H2,1-3H3;/q;;+2/p-2. The summed E-state index contributed by atoms with van der Waals surface area (Å²) in [6.07, 6.45) is 1.04. The van der Waals surface area contributed by atoms with Crippen LogP contribution in [0.2, 0.25) is 0 Å². The first kappa shape index (κ1) is 48.9. The minimum Gasteiger partial charge on any atom is -0.859 e. The van der Waals surface area contributed by atoms with E-state index < -0.39 is 0 Å². The number of azo groups is 2. The van der Waals surface area contributed by atoms with Gasteiger partial charge in [0.1, 0.15) is 22.9 Å². The van der Waals surface area contributed by atoms with Gasteiger partial charge in [-0.3, -0.25) is 0 Å². The van der Waals surface area contributed by atoms with E-state index >= 15 is 0 Å². The normalized spacial score (nSPS) is 11.2. The molecule has 14 nitrogen and oxygen atoms in total. The van der Waals surface area contributed by atoms with E-state index in [2.05, 4.69) is 50.8 Å². The quantitative estimate of drug-likeness (QED) is 0.113. The molecule has 6 aromatic carbocycles. The molecule has 0 atom stereocenters. The Hall–Kier alpha value is -8.53. The van der Waals surface area contributed by atoms with Gasteiger partial charge in [0.25, 0.3) is 0 Å². The maximum atomic E-state index is 12.5. The van der Waals surface area contributed by atoms with E-state index in [-0.39, 0.29) is 39.9 Å². The van der Waals surface area contributed by atoms with E-state index in [0.29, 0.717) is 24.5 Å². The predicted molar refractivity (Wildman–Crippen MR) is 269 cm³/mol. The van der Waals surface area contributed by atoms with E-state index in [0.717, 1.165) is 89.2 Å². The van der Waals surface area contributed by atoms with E-state index in [1.165, 1.54) is 11.1 Å². The molecule has 15 heteroatoms. The molecule has 1 radical (unpaired) electrons. The topological polar surface area (TPSA) is 197 Å². The first-order valence-corrected chi connectivity index (χ1v) is 22.6. The van der Waals surface area contributed by atoms with Gasteiger partial charge in [-0.05, 0) is 99.1 Å². The second kappa shape index (κ2) is 21.8. The van der Waals surface area contributed by atoms with Gasteiger partial charge < -0.3 is 29.7 Å². The number of aryl methyl sites for hydroxylation is 4. The molecule has 0 aliphatic heterocycles. The Bertz CT molecular complexity index is 3320. The van der Waals surface area contributed by atoms with Crippen molar-refractivity contribution in [1.82, 2.24) is 30.4 Å². The van der Waals surface area contributed by atoms with Gasteiger partial charge in [-0.25, -0.2) is 0 Å². The van der Waals surface area contributed by atoms with Crippen molar-refractivity contribution in [3.8, 4) is 45.8 Å². The Kier molecular flexibility index (Phi) is 15.0. The van der Waals surface area contributed by atoms with Crippen molar-refractivity contribution in [3.63, 3.8) is 0 Å². The van der Waals surface area contributed by atoms with Gasteiger partial charge in [0.15, 0.2) is 11.6 Å². The van der Waals surface area contributed by atoms with Crippen molar-refractivity contribution in [1.29, 1.82) is 0 Å². The molecule has 4 aromatic heterocycles. The van der Waals surface area contributed by atoms with Crippen LogP contribution in [0.3, 0.4) is 0 Å². The molecule has 2 N–H and O–H groups in total. The molecule has 10 aromatic rings. The third-order valence-corrected chi connectivity index (χ3v) is 11.8. The van der Waals surface area contributed by atoms with Crippen LogP contribution < -0.4 is 19.7 Å². The number of H-pyrrole nitrogens is 2. The number of hydrogen-bond acceptors (Lipinski definition) is 12. The third-order valence-electron chi connectivity index (χ3n) is 11.8. The molecule has 0 saturated carbocycles. The van der Waals surface area contributed by atoms with Crippen LogP contribution in [0.25, 0.3) is 44.3 Å². The second-order valence-electron chi connectivity index (χ2n) is 17.0. The van der Waals surface area contributed by atoms with Crippen molar-refractivity contribution in [2.75, 3.05) is 14.2 Å². The number of nitrogens with zero attached hydrogens (tertiary/aromatic N) is 8. The number of aromatic amines is 2. The van der Waals surface area contributed by atoms with Crippen LogP contribution in [0.15, 0.2) is 166 Å². The van der Waals surface area contributed by atoms with Crippen molar-refractivity contribution in [3.05, 3.63) is 190 Å². The third kappa shape index (κ3) is 11.2. The predicted octanol–water partition coefficient (Wildman–Crippen LogP) is 12.7. The number of ether oxygens (including phenoxy) is 2. The average molecular weight is 984 g/mol. The van der Waals surface area contributed by atoms with Gasteiger partial charge in [-0.2, -0.15) is 0 Å². The first-order chi connectivity index (χ1) is 34.0. The molecule has 4 heterocycles. The fourth-order valence-corrected chi connectivity index (χ4v) is 8.04. The van der Waals surface area contributed by atoms with Crippen LogP contribution in [-0.4, -0.2) is 44.6 Å². The fraction of sp³-hybridized carbons (Fsp3) is 0.143. The van der Waals surface area contributed by atoms with E-state index in [4.69, 9.17) is 9.47 Å². The van der Waals surface area contributed by atoms with E-state index in [9.17, 15) is 10.2 Å². The van der Waals surface area contributed by atoms with Crippen molar-refractivity contribution >= 4 is 44.8 Å². The first-order valence-electron chi connectivity index (χ1n) is 22.6. The second-order valence-corrected chi connectivity index (χ2v) is 17.0. The molecule has 0 bridgehead atoms.